The molecule has 2 aromatic carbocycles. The first-order chi connectivity index (χ1) is 19.1. The van der Waals surface area contributed by atoms with Crippen molar-refractivity contribution in [2.24, 2.45) is 11.8 Å². The van der Waals surface area contributed by atoms with Gasteiger partial charge in [-0.05, 0) is 111 Å². The fraction of sp³-hybridized carbons (Fsp3) is 0.484. The Balaban J connectivity index is 1.33. The summed E-state index contributed by atoms with van der Waals surface area (Å²) in [7, 11) is 1.57. The van der Waals surface area contributed by atoms with Crippen LogP contribution >= 0.6 is 0 Å². The molecule has 0 aliphatic carbocycles. The van der Waals surface area contributed by atoms with Crippen molar-refractivity contribution >= 4 is 16.9 Å². The van der Waals surface area contributed by atoms with Crippen LogP contribution in [0.2, 0.25) is 0 Å². The van der Waals surface area contributed by atoms with Gasteiger partial charge in [0.1, 0.15) is 11.9 Å². The molecule has 0 radical (unpaired) electrons. The number of piperidine rings is 1. The van der Waals surface area contributed by atoms with Crippen molar-refractivity contribution in [3.8, 4) is 5.75 Å². The first kappa shape index (κ1) is 29.8. The summed E-state index contributed by atoms with van der Waals surface area (Å²) >= 11 is 0. The van der Waals surface area contributed by atoms with Gasteiger partial charge in [-0.2, -0.15) is 13.2 Å². The predicted octanol–water partition coefficient (Wildman–Crippen LogP) is 7.49. The summed E-state index contributed by atoms with van der Waals surface area (Å²) in [5.41, 5.74) is 1.52. The summed E-state index contributed by atoms with van der Waals surface area (Å²) in [5, 5.41) is 10.0. The largest absolute Gasteiger partial charge is 0.497 e. The summed E-state index contributed by atoms with van der Waals surface area (Å²) < 4.78 is 59.3. The number of aryl methyl sites for hydroxylation is 1. The van der Waals surface area contributed by atoms with E-state index in [4.69, 9.17) is 4.74 Å². The molecule has 216 valence electrons. The number of hydrogen-bond donors (Lipinski definition) is 1. The third-order valence-electron chi connectivity index (χ3n) is 8.04. The lowest BCUT2D eigenvalue weighted by Gasteiger charge is -2.39. The standard InChI is InChI=1S/C31H36F4N2O3/c1-40-25-10-12-29-27(19-25)26(14-16-36-29)28(32)11-6-22-15-18-37(20-23(22)7-13-30(38)39)17-2-3-21-4-8-24(9-5-21)31(33,34)35/h4-5,8-10,12,14,16,19,22-23,28H,2-3,6-7,11,13,15,17-18,20H2,1H3,(H,38,39)/t22-,23+,28?/m1/s1. The molecule has 1 aromatic heterocycles. The maximum absolute atomic E-state index is 15.6. The van der Waals surface area contributed by atoms with E-state index in [0.717, 1.165) is 55.6 Å². The van der Waals surface area contributed by atoms with Gasteiger partial charge in [0.25, 0.3) is 0 Å². The fourth-order valence-corrected chi connectivity index (χ4v) is 5.80. The predicted molar refractivity (Wildman–Crippen MR) is 146 cm³/mol. The monoisotopic (exact) mass is 560 g/mol. The zero-order chi connectivity index (χ0) is 28.7. The molecule has 5 nitrogen and oxygen atoms in total. The molecule has 1 fully saturated rings. The van der Waals surface area contributed by atoms with Crippen LogP contribution in [-0.4, -0.2) is 47.7 Å². The van der Waals surface area contributed by atoms with Crippen LogP contribution in [0.5, 0.6) is 5.75 Å². The third kappa shape index (κ3) is 7.93. The first-order valence-corrected chi connectivity index (χ1v) is 13.8. The second kappa shape index (κ2) is 13.4. The molecule has 0 spiro atoms. The highest BCUT2D eigenvalue weighted by Crippen LogP contribution is 2.37. The molecule has 3 aromatic rings. The van der Waals surface area contributed by atoms with Crippen LogP contribution in [0.1, 0.15) is 61.4 Å². The van der Waals surface area contributed by atoms with Crippen molar-refractivity contribution < 1.29 is 32.2 Å². The second-order valence-electron chi connectivity index (χ2n) is 10.7. The maximum atomic E-state index is 15.6. The van der Waals surface area contributed by atoms with Crippen molar-refractivity contribution in [1.29, 1.82) is 0 Å². The number of carboxylic acid groups (broad SMARTS) is 1. The zero-order valence-corrected chi connectivity index (χ0v) is 22.7. The smallest absolute Gasteiger partial charge is 0.416 e. The maximum Gasteiger partial charge on any atom is 0.416 e. The summed E-state index contributed by atoms with van der Waals surface area (Å²) in [6.45, 7) is 2.37. The molecule has 40 heavy (non-hydrogen) atoms. The van der Waals surface area contributed by atoms with Gasteiger partial charge in [0, 0.05) is 24.5 Å². The Morgan fingerprint density at radius 3 is 2.60 bits per heavy atom. The molecule has 1 aliphatic rings. The van der Waals surface area contributed by atoms with E-state index >= 15 is 4.39 Å². The number of aliphatic carboxylic acids is 1. The molecule has 0 bridgehead atoms. The van der Waals surface area contributed by atoms with E-state index in [-0.39, 0.29) is 18.3 Å². The van der Waals surface area contributed by atoms with Gasteiger partial charge in [-0.1, -0.05) is 12.1 Å². The molecule has 4 rings (SSSR count). The van der Waals surface area contributed by atoms with Crippen LogP contribution < -0.4 is 4.74 Å². The van der Waals surface area contributed by atoms with E-state index in [9.17, 15) is 23.1 Å². The number of fused-ring (bicyclic) bond motifs is 1. The van der Waals surface area contributed by atoms with Gasteiger partial charge in [0.2, 0.25) is 0 Å². The van der Waals surface area contributed by atoms with Crippen molar-refractivity contribution in [2.45, 2.75) is 57.3 Å². The molecule has 1 aliphatic heterocycles. The van der Waals surface area contributed by atoms with Gasteiger partial charge >= 0.3 is 12.1 Å². The molecule has 2 heterocycles. The van der Waals surface area contributed by atoms with E-state index in [1.807, 2.05) is 12.1 Å². The van der Waals surface area contributed by atoms with Crippen LogP contribution in [0.25, 0.3) is 10.9 Å². The van der Waals surface area contributed by atoms with Gasteiger partial charge in [0.15, 0.2) is 0 Å². The Kier molecular flexibility index (Phi) is 10.0. The van der Waals surface area contributed by atoms with Gasteiger partial charge in [-0.25, -0.2) is 4.39 Å². The quantitative estimate of drug-likeness (QED) is 0.233. The lowest BCUT2D eigenvalue weighted by Crippen LogP contribution is -2.41. The number of pyridine rings is 1. The average Bonchev–Trinajstić information content (AvgIpc) is 2.94. The molecule has 1 saturated heterocycles. The van der Waals surface area contributed by atoms with Crippen LogP contribution in [-0.2, 0) is 17.4 Å². The summed E-state index contributed by atoms with van der Waals surface area (Å²) in [6.07, 6.45) is 0.0824. The second-order valence-corrected chi connectivity index (χ2v) is 10.7. The van der Waals surface area contributed by atoms with Gasteiger partial charge in [0.05, 0.1) is 18.2 Å². The van der Waals surface area contributed by atoms with E-state index in [2.05, 4.69) is 9.88 Å². The molecule has 1 N–H and O–H groups in total. The molecular formula is C31H36F4N2O3. The lowest BCUT2D eigenvalue weighted by molar-refractivity contribution is -0.138. The Hall–Kier alpha value is -3.20. The summed E-state index contributed by atoms with van der Waals surface area (Å²) in [5.74, 6) is 0.191. The number of rotatable bonds is 12. The number of alkyl halides is 4. The molecular weight excluding hydrogens is 524 g/mol. The number of hydrogen-bond acceptors (Lipinski definition) is 4. The highest BCUT2D eigenvalue weighted by molar-refractivity contribution is 5.83. The minimum atomic E-state index is -4.34. The van der Waals surface area contributed by atoms with E-state index < -0.39 is 23.9 Å². The number of benzene rings is 2. The zero-order valence-electron chi connectivity index (χ0n) is 22.7. The van der Waals surface area contributed by atoms with Gasteiger partial charge in [-0.3, -0.25) is 9.78 Å². The number of likely N-dealkylation sites (tertiary alicyclic amines) is 1. The van der Waals surface area contributed by atoms with Crippen molar-refractivity contribution in [2.75, 3.05) is 26.7 Å². The number of nitrogens with zero attached hydrogens (tertiary/aromatic N) is 2. The van der Waals surface area contributed by atoms with E-state index in [1.54, 1.807) is 25.4 Å². The minimum absolute atomic E-state index is 0.0778. The average molecular weight is 561 g/mol. The van der Waals surface area contributed by atoms with E-state index in [1.165, 1.54) is 12.1 Å². The number of carbonyl (C=O) groups is 1. The van der Waals surface area contributed by atoms with Crippen LogP contribution in [0.15, 0.2) is 54.7 Å². The lowest BCUT2D eigenvalue weighted by atomic mass is 9.79. The Morgan fingerprint density at radius 1 is 1.12 bits per heavy atom. The van der Waals surface area contributed by atoms with Gasteiger partial charge in [-0.15, -0.1) is 0 Å². The molecule has 9 heteroatoms. The summed E-state index contributed by atoms with van der Waals surface area (Å²) in [4.78, 5) is 18.0. The van der Waals surface area contributed by atoms with E-state index in [0.29, 0.717) is 42.5 Å². The Morgan fingerprint density at radius 2 is 1.90 bits per heavy atom. The minimum Gasteiger partial charge on any atom is -0.497 e. The van der Waals surface area contributed by atoms with Crippen molar-refractivity contribution in [3.05, 3.63) is 71.4 Å². The molecule has 0 saturated carbocycles. The number of aromatic nitrogens is 1. The molecule has 0 amide bonds. The topological polar surface area (TPSA) is 62.7 Å². The fourth-order valence-electron chi connectivity index (χ4n) is 5.80. The van der Waals surface area contributed by atoms with Crippen molar-refractivity contribution in [3.63, 3.8) is 0 Å². The number of carboxylic acids is 1. The molecule has 1 unspecified atom stereocenters. The van der Waals surface area contributed by atoms with Crippen LogP contribution in [0.4, 0.5) is 17.6 Å². The Bertz CT molecular complexity index is 1270. The van der Waals surface area contributed by atoms with Crippen LogP contribution in [0.3, 0.4) is 0 Å². The first-order valence-electron chi connectivity index (χ1n) is 13.8. The van der Waals surface area contributed by atoms with Gasteiger partial charge < -0.3 is 14.7 Å². The number of ether oxygens (including phenoxy) is 1. The summed E-state index contributed by atoms with van der Waals surface area (Å²) in [6, 6.07) is 12.4. The molecule has 3 atom stereocenters. The third-order valence-corrected chi connectivity index (χ3v) is 8.04. The van der Waals surface area contributed by atoms with Crippen LogP contribution in [0, 0.1) is 11.8 Å². The van der Waals surface area contributed by atoms with Crippen molar-refractivity contribution in [1.82, 2.24) is 9.88 Å². The number of methoxy groups -OCH3 is 1. The highest BCUT2D eigenvalue weighted by atomic mass is 19.4. The SMILES string of the molecule is COc1ccc2nccc(C(F)CC[C@@H]3CCN(CCCc4ccc(C(F)(F)F)cc4)C[C@@H]3CCC(=O)O)c2c1. The number of halogens is 4. The normalized spacial score (nSPS) is 19.0. The Labute approximate surface area is 232 Å². The highest BCUT2D eigenvalue weighted by Gasteiger charge is 2.31.